The van der Waals surface area contributed by atoms with E-state index in [9.17, 15) is 4.79 Å². The van der Waals surface area contributed by atoms with E-state index >= 15 is 0 Å². The zero-order valence-electron chi connectivity index (χ0n) is 18.0. The number of ether oxygens (including phenoxy) is 3. The molecule has 2 saturated heterocycles. The Kier molecular flexibility index (Phi) is 5.17. The fourth-order valence-electron chi connectivity index (χ4n) is 5.44. The van der Waals surface area contributed by atoms with Crippen molar-refractivity contribution in [1.82, 2.24) is 0 Å². The molecule has 2 aliphatic heterocycles. The van der Waals surface area contributed by atoms with E-state index in [4.69, 9.17) is 19.3 Å². The number of fused-ring (bicyclic) bond motifs is 3. The van der Waals surface area contributed by atoms with Crippen LogP contribution in [0.15, 0.2) is 48.5 Å². The topological polar surface area (TPSA) is 65.0 Å². The van der Waals surface area contributed by atoms with Crippen molar-refractivity contribution in [3.8, 4) is 17.2 Å². The average molecular weight is 423 g/mol. The monoisotopic (exact) mass is 422 g/mol. The molecule has 5 heteroatoms. The first-order valence-corrected chi connectivity index (χ1v) is 11.3. The summed E-state index contributed by atoms with van der Waals surface area (Å²) in [6, 6.07) is 15.9. The first kappa shape index (κ1) is 20.4. The van der Waals surface area contributed by atoms with E-state index < -0.39 is 5.97 Å². The Morgan fingerprint density at radius 2 is 1.81 bits per heavy atom. The summed E-state index contributed by atoms with van der Waals surface area (Å²) in [7, 11) is 1.65. The number of rotatable bonds is 8. The van der Waals surface area contributed by atoms with E-state index in [1.54, 1.807) is 7.11 Å². The van der Waals surface area contributed by atoms with Crippen molar-refractivity contribution in [2.75, 3.05) is 13.7 Å². The molecule has 2 aromatic carbocycles. The van der Waals surface area contributed by atoms with Crippen LogP contribution in [0.1, 0.15) is 50.5 Å². The molecule has 0 radical (unpaired) electrons. The summed E-state index contributed by atoms with van der Waals surface area (Å²) in [5.74, 6) is 2.06. The van der Waals surface area contributed by atoms with Crippen LogP contribution in [0, 0.1) is 17.3 Å². The number of hydrogen-bond donors (Lipinski definition) is 1. The summed E-state index contributed by atoms with van der Waals surface area (Å²) in [4.78, 5) is 11.1. The van der Waals surface area contributed by atoms with Crippen LogP contribution in [0.25, 0.3) is 0 Å². The lowest BCUT2D eigenvalue weighted by atomic mass is 9.62. The summed E-state index contributed by atoms with van der Waals surface area (Å²) in [5.41, 5.74) is 1.22. The van der Waals surface area contributed by atoms with Crippen LogP contribution in [0.2, 0.25) is 0 Å². The zero-order valence-corrected chi connectivity index (χ0v) is 18.0. The van der Waals surface area contributed by atoms with E-state index in [2.05, 4.69) is 12.1 Å². The molecule has 1 N–H and O–H groups in total. The van der Waals surface area contributed by atoms with Gasteiger partial charge in [-0.3, -0.25) is 4.79 Å². The van der Waals surface area contributed by atoms with Crippen molar-refractivity contribution in [2.24, 2.45) is 17.3 Å². The number of carboxylic acid groups (broad SMARTS) is 1. The molecule has 2 atom stereocenters. The molecule has 0 spiro atoms. The Labute approximate surface area is 183 Å². The van der Waals surface area contributed by atoms with Gasteiger partial charge in [-0.05, 0) is 98.2 Å². The normalized spacial score (nSPS) is 31.3. The molecule has 6 rings (SSSR count). The third kappa shape index (κ3) is 4.03. The number of benzene rings is 2. The highest BCUT2D eigenvalue weighted by molar-refractivity contribution is 5.73. The van der Waals surface area contributed by atoms with Crippen molar-refractivity contribution < 1.29 is 24.1 Å². The molecule has 4 aliphatic rings. The van der Waals surface area contributed by atoms with Crippen molar-refractivity contribution in [3.63, 3.8) is 0 Å². The van der Waals surface area contributed by atoms with Gasteiger partial charge < -0.3 is 19.3 Å². The third-order valence-corrected chi connectivity index (χ3v) is 7.71. The highest BCUT2D eigenvalue weighted by Crippen LogP contribution is 2.57. The molecule has 2 saturated carbocycles. The maximum Gasteiger partial charge on any atom is 0.306 e. The van der Waals surface area contributed by atoms with Gasteiger partial charge in [0.2, 0.25) is 0 Å². The highest BCUT2D eigenvalue weighted by atomic mass is 16.5. The molecular formula is C26H30O5. The molecule has 5 nitrogen and oxygen atoms in total. The lowest BCUT2D eigenvalue weighted by Gasteiger charge is -2.53. The lowest BCUT2D eigenvalue weighted by molar-refractivity contribution is -0.192. The number of methoxy groups -OCH3 is 1. The Hall–Kier alpha value is -2.53. The van der Waals surface area contributed by atoms with Crippen LogP contribution in [0.3, 0.4) is 0 Å². The largest absolute Gasteiger partial charge is 0.497 e. The highest BCUT2D eigenvalue weighted by Gasteiger charge is 2.52. The first-order chi connectivity index (χ1) is 15.0. The van der Waals surface area contributed by atoms with Gasteiger partial charge in [0.1, 0.15) is 17.2 Å². The van der Waals surface area contributed by atoms with Crippen molar-refractivity contribution >= 4 is 5.97 Å². The van der Waals surface area contributed by atoms with E-state index in [1.807, 2.05) is 36.4 Å². The van der Waals surface area contributed by atoms with E-state index in [1.165, 1.54) is 5.56 Å². The van der Waals surface area contributed by atoms with Gasteiger partial charge in [0.15, 0.2) is 0 Å². The first-order valence-electron chi connectivity index (χ1n) is 11.3. The van der Waals surface area contributed by atoms with Crippen molar-refractivity contribution in [3.05, 3.63) is 54.1 Å². The van der Waals surface area contributed by atoms with Gasteiger partial charge in [-0.2, -0.15) is 0 Å². The maximum atomic E-state index is 11.1. The van der Waals surface area contributed by atoms with Crippen LogP contribution in [-0.4, -0.2) is 24.8 Å². The predicted molar refractivity (Wildman–Crippen MR) is 117 cm³/mol. The van der Waals surface area contributed by atoms with E-state index in [0.29, 0.717) is 5.92 Å². The minimum absolute atomic E-state index is 0.1000. The average Bonchev–Trinajstić information content (AvgIpc) is 3.60. The third-order valence-electron chi connectivity index (χ3n) is 7.71. The van der Waals surface area contributed by atoms with Crippen LogP contribution >= 0.6 is 0 Å². The van der Waals surface area contributed by atoms with Crippen molar-refractivity contribution in [1.29, 1.82) is 0 Å². The summed E-state index contributed by atoms with van der Waals surface area (Å²) in [5, 5.41) is 9.15. The Morgan fingerprint density at radius 3 is 2.42 bits per heavy atom. The SMILES string of the molecule is COc1ccc(Oc2cccc(C34CCC(CC[C@@H]5C[C@H]5C(=O)O)(CC3)CO4)c2)cc1. The lowest BCUT2D eigenvalue weighted by Crippen LogP contribution is -2.49. The number of hydrogen-bond acceptors (Lipinski definition) is 4. The maximum absolute atomic E-state index is 11.1. The molecule has 2 bridgehead atoms. The smallest absolute Gasteiger partial charge is 0.306 e. The Morgan fingerprint density at radius 1 is 1.06 bits per heavy atom. The minimum Gasteiger partial charge on any atom is -0.497 e. The van der Waals surface area contributed by atoms with Gasteiger partial charge in [-0.1, -0.05) is 12.1 Å². The van der Waals surface area contributed by atoms with Gasteiger partial charge in [0.05, 0.1) is 25.2 Å². The van der Waals surface area contributed by atoms with Crippen LogP contribution in [-0.2, 0) is 15.1 Å². The molecule has 0 amide bonds. The van der Waals surface area contributed by atoms with E-state index in [0.717, 1.165) is 68.8 Å². The molecule has 2 heterocycles. The molecule has 4 fully saturated rings. The predicted octanol–water partition coefficient (Wildman–Crippen LogP) is 5.77. The zero-order chi connectivity index (χ0) is 21.5. The summed E-state index contributed by atoms with van der Waals surface area (Å²) >= 11 is 0. The summed E-state index contributed by atoms with van der Waals surface area (Å²) in [6.45, 7) is 0.779. The Balaban J connectivity index is 1.23. The Bertz CT molecular complexity index is 926. The van der Waals surface area contributed by atoms with Gasteiger partial charge in [0.25, 0.3) is 0 Å². The second-order valence-electron chi connectivity index (χ2n) is 9.57. The summed E-state index contributed by atoms with van der Waals surface area (Å²) in [6.07, 6.45) is 7.33. The molecule has 164 valence electrons. The summed E-state index contributed by atoms with van der Waals surface area (Å²) < 4.78 is 17.8. The van der Waals surface area contributed by atoms with Gasteiger partial charge in [-0.25, -0.2) is 0 Å². The van der Waals surface area contributed by atoms with Gasteiger partial charge in [-0.15, -0.1) is 0 Å². The van der Waals surface area contributed by atoms with Gasteiger partial charge >= 0.3 is 5.97 Å². The number of carbonyl (C=O) groups is 1. The minimum atomic E-state index is -0.623. The number of carboxylic acids is 1. The molecule has 0 aromatic heterocycles. The second-order valence-corrected chi connectivity index (χ2v) is 9.57. The molecule has 31 heavy (non-hydrogen) atoms. The molecular weight excluding hydrogens is 392 g/mol. The number of aliphatic carboxylic acids is 1. The standard InChI is InChI=1S/C26H30O5/c1-29-20-5-7-21(8-6-20)31-22-4-2-3-19(16-22)26-13-11-25(12-14-26,17-30-26)10-9-18-15-23(18)24(27)28/h2-8,16,18,23H,9-15,17H2,1H3,(H,27,28)/t18-,23-,25?,26?/m1/s1. The van der Waals surface area contributed by atoms with Crippen molar-refractivity contribution in [2.45, 2.75) is 50.5 Å². The van der Waals surface area contributed by atoms with Crippen LogP contribution in [0.5, 0.6) is 17.2 Å². The quantitative estimate of drug-likeness (QED) is 0.585. The molecule has 0 unspecified atom stereocenters. The molecule has 2 aliphatic carbocycles. The second kappa shape index (κ2) is 7.86. The fourth-order valence-corrected chi connectivity index (χ4v) is 5.44. The van der Waals surface area contributed by atoms with Crippen LogP contribution < -0.4 is 9.47 Å². The van der Waals surface area contributed by atoms with E-state index in [-0.39, 0.29) is 16.9 Å². The fraction of sp³-hybridized carbons (Fsp3) is 0.500. The van der Waals surface area contributed by atoms with Gasteiger partial charge in [0, 0.05) is 0 Å². The molecule has 2 aromatic rings. The van der Waals surface area contributed by atoms with Crippen LogP contribution in [0.4, 0.5) is 0 Å².